The predicted octanol–water partition coefficient (Wildman–Crippen LogP) is 1.17. The van der Waals surface area contributed by atoms with Crippen LogP contribution in [0.25, 0.3) is 0 Å². The van der Waals surface area contributed by atoms with E-state index in [9.17, 15) is 14.2 Å². The molecule has 0 bridgehead atoms. The highest BCUT2D eigenvalue weighted by molar-refractivity contribution is 7.58. The SMILES string of the molecule is CC(C)OC(=O)[C@H](N)NP(=O)(CC(=O)O)Oc1ccccc1. The van der Waals surface area contributed by atoms with Crippen LogP contribution in [0.15, 0.2) is 30.3 Å². The third-order valence-corrected chi connectivity index (χ3v) is 4.15. The van der Waals surface area contributed by atoms with Gasteiger partial charge in [0.25, 0.3) is 0 Å². The second-order valence-corrected chi connectivity index (χ2v) is 6.83. The van der Waals surface area contributed by atoms with E-state index in [1.54, 1.807) is 32.0 Å². The van der Waals surface area contributed by atoms with Crippen LogP contribution in [-0.2, 0) is 18.9 Å². The van der Waals surface area contributed by atoms with E-state index in [4.69, 9.17) is 20.1 Å². The Bertz CT molecular complexity index is 563. The lowest BCUT2D eigenvalue weighted by Gasteiger charge is -2.22. The highest BCUT2D eigenvalue weighted by Gasteiger charge is 2.33. The van der Waals surface area contributed by atoms with Gasteiger partial charge in [-0.05, 0) is 26.0 Å². The van der Waals surface area contributed by atoms with Crippen LogP contribution in [0.4, 0.5) is 0 Å². The van der Waals surface area contributed by atoms with Gasteiger partial charge < -0.3 is 20.1 Å². The fourth-order valence-electron chi connectivity index (χ4n) is 1.50. The van der Waals surface area contributed by atoms with Gasteiger partial charge in [-0.15, -0.1) is 0 Å². The zero-order valence-electron chi connectivity index (χ0n) is 12.3. The van der Waals surface area contributed by atoms with Crippen molar-refractivity contribution in [2.24, 2.45) is 5.73 Å². The van der Waals surface area contributed by atoms with Crippen LogP contribution in [0.1, 0.15) is 13.8 Å². The molecule has 1 rings (SSSR count). The zero-order valence-corrected chi connectivity index (χ0v) is 13.2. The van der Waals surface area contributed by atoms with Crippen molar-refractivity contribution in [2.75, 3.05) is 6.16 Å². The number of rotatable bonds is 8. The Morgan fingerprint density at radius 1 is 1.32 bits per heavy atom. The van der Waals surface area contributed by atoms with Gasteiger partial charge in [0.05, 0.1) is 6.10 Å². The molecule has 0 amide bonds. The first-order chi connectivity index (χ1) is 10.2. The van der Waals surface area contributed by atoms with Gasteiger partial charge >= 0.3 is 19.5 Å². The number of nitrogens with two attached hydrogens (primary N) is 1. The number of benzene rings is 1. The largest absolute Gasteiger partial charge is 0.481 e. The van der Waals surface area contributed by atoms with E-state index in [1.165, 1.54) is 12.1 Å². The van der Waals surface area contributed by atoms with E-state index in [0.29, 0.717) is 0 Å². The van der Waals surface area contributed by atoms with Crippen molar-refractivity contribution in [1.82, 2.24) is 5.09 Å². The smallest absolute Gasteiger partial charge is 0.338 e. The number of aliphatic carboxylic acids is 1. The second kappa shape index (κ2) is 7.93. The Morgan fingerprint density at radius 3 is 2.41 bits per heavy atom. The van der Waals surface area contributed by atoms with Crippen LogP contribution >= 0.6 is 7.52 Å². The van der Waals surface area contributed by atoms with E-state index in [2.05, 4.69) is 5.09 Å². The van der Waals surface area contributed by atoms with Crippen LogP contribution < -0.4 is 15.3 Å². The molecule has 1 aromatic rings. The monoisotopic (exact) mass is 330 g/mol. The minimum absolute atomic E-state index is 0.198. The number of carbonyl (C=O) groups excluding carboxylic acids is 1. The highest BCUT2D eigenvalue weighted by atomic mass is 31.2. The standard InChI is InChI=1S/C13H19N2O6P/c1-9(2)20-13(18)12(14)15-22(19,8-11(16)17)21-10-6-4-3-5-7-10/h3-7,9,12H,8,14H2,1-2H3,(H,15,19)(H,16,17)/t12-,22?/m1/s1. The van der Waals surface area contributed by atoms with Crippen LogP contribution in [-0.4, -0.2) is 35.5 Å². The van der Waals surface area contributed by atoms with Gasteiger partial charge in [0.1, 0.15) is 11.9 Å². The molecule has 9 heteroatoms. The molecule has 1 aromatic carbocycles. The van der Waals surface area contributed by atoms with Crippen molar-refractivity contribution in [3.8, 4) is 5.75 Å². The molecule has 0 aliphatic heterocycles. The summed E-state index contributed by atoms with van der Waals surface area (Å²) in [6.45, 7) is 3.25. The van der Waals surface area contributed by atoms with Crippen LogP contribution in [0.5, 0.6) is 5.75 Å². The number of esters is 1. The molecule has 0 spiro atoms. The summed E-state index contributed by atoms with van der Waals surface area (Å²) in [5.74, 6) is -2.00. The molecule has 22 heavy (non-hydrogen) atoms. The van der Waals surface area contributed by atoms with E-state index < -0.39 is 37.9 Å². The van der Waals surface area contributed by atoms with Gasteiger partial charge in [-0.3, -0.25) is 9.36 Å². The summed E-state index contributed by atoms with van der Waals surface area (Å²) in [7, 11) is -3.93. The zero-order chi connectivity index (χ0) is 16.8. The lowest BCUT2D eigenvalue weighted by atomic mass is 10.3. The summed E-state index contributed by atoms with van der Waals surface area (Å²) < 4.78 is 22.7. The van der Waals surface area contributed by atoms with Crippen molar-refractivity contribution in [1.29, 1.82) is 0 Å². The van der Waals surface area contributed by atoms with Crippen LogP contribution in [0, 0.1) is 0 Å². The van der Waals surface area contributed by atoms with Gasteiger partial charge in [-0.2, -0.15) is 0 Å². The summed E-state index contributed by atoms with van der Waals surface area (Å²) in [5, 5.41) is 11.1. The molecule has 0 radical (unpaired) electrons. The average molecular weight is 330 g/mol. The minimum atomic E-state index is -3.93. The van der Waals surface area contributed by atoms with E-state index in [1.807, 2.05) is 0 Å². The number of nitrogens with one attached hydrogen (secondary N) is 1. The summed E-state index contributed by atoms with van der Waals surface area (Å²) >= 11 is 0. The molecule has 0 aliphatic rings. The molecule has 0 fully saturated rings. The molecule has 0 saturated heterocycles. The summed E-state index contributed by atoms with van der Waals surface area (Å²) in [4.78, 5) is 22.5. The first-order valence-corrected chi connectivity index (χ1v) is 8.32. The summed E-state index contributed by atoms with van der Waals surface area (Å²) in [6, 6.07) is 8.00. The molecule has 8 nitrogen and oxygen atoms in total. The van der Waals surface area contributed by atoms with Crippen molar-refractivity contribution in [3.63, 3.8) is 0 Å². The van der Waals surface area contributed by atoms with E-state index in [0.717, 1.165) is 0 Å². The van der Waals surface area contributed by atoms with E-state index >= 15 is 0 Å². The average Bonchev–Trinajstić information content (AvgIpc) is 2.37. The minimum Gasteiger partial charge on any atom is -0.481 e. The van der Waals surface area contributed by atoms with Crippen molar-refractivity contribution in [3.05, 3.63) is 30.3 Å². The predicted molar refractivity (Wildman–Crippen MR) is 79.5 cm³/mol. The Morgan fingerprint density at radius 2 is 1.91 bits per heavy atom. The summed E-state index contributed by atoms with van der Waals surface area (Å²) in [5.41, 5.74) is 5.55. The number of hydrogen-bond donors (Lipinski definition) is 3. The van der Waals surface area contributed by atoms with Crippen LogP contribution in [0.2, 0.25) is 0 Å². The normalized spacial score (nSPS) is 14.9. The third kappa shape index (κ3) is 6.26. The fourth-order valence-corrected chi connectivity index (χ4v) is 3.06. The molecule has 0 aromatic heterocycles. The van der Waals surface area contributed by atoms with E-state index in [-0.39, 0.29) is 5.75 Å². The molecule has 0 aliphatic carbocycles. The summed E-state index contributed by atoms with van der Waals surface area (Å²) in [6.07, 6.45) is -2.70. The number of ether oxygens (including phenoxy) is 1. The topological polar surface area (TPSA) is 128 Å². The Balaban J connectivity index is 2.85. The van der Waals surface area contributed by atoms with Crippen molar-refractivity contribution < 1.29 is 28.5 Å². The molecule has 2 atom stereocenters. The number of hydrogen-bond acceptors (Lipinski definition) is 6. The van der Waals surface area contributed by atoms with Gasteiger partial charge in [-0.25, -0.2) is 9.88 Å². The highest BCUT2D eigenvalue weighted by Crippen LogP contribution is 2.42. The van der Waals surface area contributed by atoms with Crippen LogP contribution in [0.3, 0.4) is 0 Å². The number of carboxylic acid groups (broad SMARTS) is 1. The molecule has 0 heterocycles. The quantitative estimate of drug-likeness (QED) is 0.368. The Labute approximate surface area is 128 Å². The fraction of sp³-hybridized carbons (Fsp3) is 0.385. The molecular weight excluding hydrogens is 311 g/mol. The Hall–Kier alpha value is -1.89. The van der Waals surface area contributed by atoms with Crippen molar-refractivity contribution in [2.45, 2.75) is 26.1 Å². The van der Waals surface area contributed by atoms with Gasteiger partial charge in [0.2, 0.25) is 0 Å². The molecule has 4 N–H and O–H groups in total. The first kappa shape index (κ1) is 18.2. The number of carbonyl (C=O) groups is 2. The number of para-hydroxylation sites is 1. The molecule has 1 unspecified atom stereocenters. The molecule has 122 valence electrons. The first-order valence-electron chi connectivity index (χ1n) is 6.51. The maximum absolute atomic E-state index is 12.6. The molecule has 0 saturated carbocycles. The third-order valence-electron chi connectivity index (χ3n) is 2.28. The molecular formula is C13H19N2O6P. The van der Waals surface area contributed by atoms with Gasteiger partial charge in [-0.1, -0.05) is 18.2 Å². The Kier molecular flexibility index (Phi) is 6.55. The van der Waals surface area contributed by atoms with Gasteiger partial charge in [0, 0.05) is 0 Å². The van der Waals surface area contributed by atoms with Crippen molar-refractivity contribution >= 4 is 19.5 Å². The van der Waals surface area contributed by atoms with Gasteiger partial charge in [0.15, 0.2) is 6.17 Å². The maximum Gasteiger partial charge on any atom is 0.338 e. The lowest BCUT2D eigenvalue weighted by molar-refractivity contribution is -0.149. The number of carboxylic acids is 1. The maximum atomic E-state index is 12.6. The second-order valence-electron chi connectivity index (χ2n) is 4.72. The lowest BCUT2D eigenvalue weighted by Crippen LogP contribution is -2.45.